The number of ether oxygens (including phenoxy) is 1. The van der Waals surface area contributed by atoms with Gasteiger partial charge in [-0.2, -0.15) is 0 Å². The van der Waals surface area contributed by atoms with E-state index in [2.05, 4.69) is 5.32 Å². The molecule has 21 heavy (non-hydrogen) atoms. The molecule has 0 saturated carbocycles. The average molecular weight is 309 g/mol. The van der Waals surface area contributed by atoms with E-state index in [1.165, 1.54) is 11.1 Å². The number of halogens is 1. The van der Waals surface area contributed by atoms with Crippen LogP contribution in [0.2, 0.25) is 5.02 Å². The molecule has 5 heteroatoms. The van der Waals surface area contributed by atoms with Crippen LogP contribution in [-0.2, 0) is 16.0 Å². The highest BCUT2D eigenvalue weighted by molar-refractivity contribution is 6.30. The number of nitrogens with one attached hydrogen (secondary N) is 1. The fourth-order valence-corrected chi connectivity index (χ4v) is 3.49. The van der Waals surface area contributed by atoms with E-state index in [0.29, 0.717) is 13.2 Å². The number of aryl methyl sites for hydroxylation is 1. The molecule has 1 saturated heterocycles. The molecule has 3 rings (SSSR count). The van der Waals surface area contributed by atoms with Gasteiger partial charge in [0.25, 0.3) is 0 Å². The first kappa shape index (κ1) is 14.8. The van der Waals surface area contributed by atoms with Crippen molar-refractivity contribution < 1.29 is 9.53 Å². The fourth-order valence-electron chi connectivity index (χ4n) is 3.29. The molecule has 0 spiro atoms. The number of rotatable bonds is 3. The number of hydrogen-bond donors (Lipinski definition) is 2. The van der Waals surface area contributed by atoms with Gasteiger partial charge in [0.15, 0.2) is 0 Å². The minimum atomic E-state index is -0.440. The molecule has 2 atom stereocenters. The third-order valence-corrected chi connectivity index (χ3v) is 4.81. The summed E-state index contributed by atoms with van der Waals surface area (Å²) in [4.78, 5) is 12.4. The summed E-state index contributed by atoms with van der Waals surface area (Å²) in [7, 11) is 0. The Balaban J connectivity index is 1.63. The van der Waals surface area contributed by atoms with Gasteiger partial charge in [-0.1, -0.05) is 17.7 Å². The zero-order valence-electron chi connectivity index (χ0n) is 12.0. The summed E-state index contributed by atoms with van der Waals surface area (Å²) in [5.41, 5.74) is 8.53. The Morgan fingerprint density at radius 1 is 1.33 bits per heavy atom. The fraction of sp³-hybridized carbons (Fsp3) is 0.562. The molecular weight excluding hydrogens is 288 g/mol. The van der Waals surface area contributed by atoms with Crippen LogP contribution in [0.25, 0.3) is 0 Å². The van der Waals surface area contributed by atoms with Crippen LogP contribution < -0.4 is 11.1 Å². The van der Waals surface area contributed by atoms with E-state index in [1.807, 2.05) is 18.2 Å². The van der Waals surface area contributed by atoms with Gasteiger partial charge in [0.05, 0.1) is 12.1 Å². The lowest BCUT2D eigenvalue weighted by Gasteiger charge is -2.28. The van der Waals surface area contributed by atoms with Gasteiger partial charge in [0.1, 0.15) is 0 Å². The quantitative estimate of drug-likeness (QED) is 0.899. The molecule has 1 heterocycles. The minimum Gasteiger partial charge on any atom is -0.381 e. The van der Waals surface area contributed by atoms with Gasteiger partial charge in [-0.15, -0.1) is 0 Å². The zero-order chi connectivity index (χ0) is 14.8. The Morgan fingerprint density at radius 2 is 2.10 bits per heavy atom. The van der Waals surface area contributed by atoms with Crippen molar-refractivity contribution in [2.45, 2.75) is 37.8 Å². The minimum absolute atomic E-state index is 0.0466. The molecule has 0 aromatic heterocycles. The number of benzene rings is 1. The molecule has 0 radical (unpaired) electrons. The van der Waals surface area contributed by atoms with Gasteiger partial charge in [-0.3, -0.25) is 4.79 Å². The molecule has 1 fully saturated rings. The van der Waals surface area contributed by atoms with Crippen LogP contribution in [0.5, 0.6) is 0 Å². The van der Waals surface area contributed by atoms with Gasteiger partial charge in [0.2, 0.25) is 5.91 Å². The van der Waals surface area contributed by atoms with Crippen molar-refractivity contribution in [1.29, 1.82) is 0 Å². The summed E-state index contributed by atoms with van der Waals surface area (Å²) in [6, 6.07) is 5.50. The summed E-state index contributed by atoms with van der Waals surface area (Å²) in [6.07, 6.45) is 3.60. The van der Waals surface area contributed by atoms with Crippen molar-refractivity contribution in [1.82, 2.24) is 5.32 Å². The molecule has 1 aliphatic carbocycles. The first-order chi connectivity index (χ1) is 10.1. The second-order valence-electron chi connectivity index (χ2n) is 5.92. The van der Waals surface area contributed by atoms with Crippen LogP contribution in [0.15, 0.2) is 18.2 Å². The molecule has 1 aromatic rings. The maximum Gasteiger partial charge on any atom is 0.237 e. The number of nitrogens with two attached hydrogens (primary N) is 1. The number of carbonyl (C=O) groups excluding carboxylic acids is 1. The van der Waals surface area contributed by atoms with Gasteiger partial charge in [0, 0.05) is 18.2 Å². The third kappa shape index (κ3) is 3.23. The molecule has 4 nitrogen and oxygen atoms in total. The Labute approximate surface area is 130 Å². The maximum atomic E-state index is 12.4. The molecule has 2 aliphatic rings. The molecule has 1 amide bonds. The van der Waals surface area contributed by atoms with Crippen LogP contribution >= 0.6 is 11.6 Å². The number of hydrogen-bond acceptors (Lipinski definition) is 3. The Hall–Kier alpha value is -1.10. The highest BCUT2D eigenvalue weighted by Gasteiger charge is 2.30. The molecule has 114 valence electrons. The molecule has 1 aromatic carbocycles. The van der Waals surface area contributed by atoms with Gasteiger partial charge in [-0.05, 0) is 54.9 Å². The Bertz CT molecular complexity index is 529. The molecule has 1 aliphatic heterocycles. The van der Waals surface area contributed by atoms with Crippen molar-refractivity contribution in [2.75, 3.05) is 13.2 Å². The van der Waals surface area contributed by atoms with E-state index in [9.17, 15) is 4.79 Å². The first-order valence-electron chi connectivity index (χ1n) is 7.57. The number of carbonyl (C=O) groups is 1. The highest BCUT2D eigenvalue weighted by Crippen LogP contribution is 2.33. The van der Waals surface area contributed by atoms with Crippen molar-refractivity contribution in [3.8, 4) is 0 Å². The van der Waals surface area contributed by atoms with E-state index in [-0.39, 0.29) is 17.9 Å². The largest absolute Gasteiger partial charge is 0.381 e. The molecular formula is C16H21ClN2O2. The predicted molar refractivity (Wildman–Crippen MR) is 82.2 cm³/mol. The smallest absolute Gasteiger partial charge is 0.237 e. The highest BCUT2D eigenvalue weighted by atomic mass is 35.5. The van der Waals surface area contributed by atoms with Crippen molar-refractivity contribution in [3.63, 3.8) is 0 Å². The van der Waals surface area contributed by atoms with Gasteiger partial charge >= 0.3 is 0 Å². The lowest BCUT2D eigenvalue weighted by atomic mass is 9.91. The monoisotopic (exact) mass is 308 g/mol. The van der Waals surface area contributed by atoms with Gasteiger partial charge in [-0.25, -0.2) is 0 Å². The summed E-state index contributed by atoms with van der Waals surface area (Å²) in [5.74, 6) is 0.180. The molecule has 3 N–H and O–H groups in total. The van der Waals surface area contributed by atoms with Crippen molar-refractivity contribution in [3.05, 3.63) is 34.3 Å². The van der Waals surface area contributed by atoms with E-state index >= 15 is 0 Å². The van der Waals surface area contributed by atoms with Crippen molar-refractivity contribution in [2.24, 2.45) is 11.7 Å². The predicted octanol–water partition coefficient (Wildman–Crippen LogP) is 2.20. The second kappa shape index (κ2) is 6.34. The second-order valence-corrected chi connectivity index (χ2v) is 6.36. The summed E-state index contributed by atoms with van der Waals surface area (Å²) >= 11 is 6.01. The molecule has 2 unspecified atom stereocenters. The lowest BCUT2D eigenvalue weighted by molar-refractivity contribution is -0.125. The standard InChI is InChI=1S/C16H21ClN2O2/c17-12-2-3-13-11(9-12)1-4-14(13)19-16(20)15(18)10-5-7-21-8-6-10/h2-3,9-10,14-15H,1,4-8,18H2,(H,19,20). The summed E-state index contributed by atoms with van der Waals surface area (Å²) in [6.45, 7) is 1.41. The number of amides is 1. The van der Waals surface area contributed by atoms with Crippen LogP contribution in [0.4, 0.5) is 0 Å². The van der Waals surface area contributed by atoms with E-state index in [4.69, 9.17) is 22.1 Å². The van der Waals surface area contributed by atoms with Crippen molar-refractivity contribution >= 4 is 17.5 Å². The topological polar surface area (TPSA) is 64.4 Å². The van der Waals surface area contributed by atoms with E-state index in [0.717, 1.165) is 30.7 Å². The normalized spacial score (nSPS) is 23.6. The zero-order valence-corrected chi connectivity index (χ0v) is 12.7. The van der Waals surface area contributed by atoms with Crippen LogP contribution in [-0.4, -0.2) is 25.2 Å². The summed E-state index contributed by atoms with van der Waals surface area (Å²) in [5, 5.41) is 3.85. The average Bonchev–Trinajstić information content (AvgIpc) is 2.89. The van der Waals surface area contributed by atoms with E-state index < -0.39 is 6.04 Å². The Morgan fingerprint density at radius 3 is 2.86 bits per heavy atom. The lowest BCUT2D eigenvalue weighted by Crippen LogP contribution is -2.47. The van der Waals surface area contributed by atoms with Crippen LogP contribution in [0.3, 0.4) is 0 Å². The molecule has 0 bridgehead atoms. The van der Waals surface area contributed by atoms with Crippen LogP contribution in [0.1, 0.15) is 36.4 Å². The maximum absolute atomic E-state index is 12.4. The third-order valence-electron chi connectivity index (χ3n) is 4.58. The Kier molecular flexibility index (Phi) is 4.48. The summed E-state index contributed by atoms with van der Waals surface area (Å²) < 4.78 is 5.32. The van der Waals surface area contributed by atoms with E-state index in [1.54, 1.807) is 0 Å². The first-order valence-corrected chi connectivity index (χ1v) is 7.95. The SMILES string of the molecule is NC(C(=O)NC1CCc2cc(Cl)ccc21)C1CCOCC1. The van der Waals surface area contributed by atoms with Gasteiger partial charge < -0.3 is 15.8 Å². The van der Waals surface area contributed by atoms with Crippen LogP contribution in [0, 0.1) is 5.92 Å². The number of fused-ring (bicyclic) bond motifs is 1.